The number of ether oxygens (including phenoxy) is 1. The molecule has 3 N–H and O–H groups in total. The number of benzene rings is 1. The monoisotopic (exact) mass is 257 g/mol. The quantitative estimate of drug-likeness (QED) is 0.824. The molecule has 1 rings (SSSR count). The molecule has 0 heterocycles. The van der Waals surface area contributed by atoms with Crippen molar-refractivity contribution in [2.24, 2.45) is 5.73 Å². The normalized spacial score (nSPS) is 14.4. The van der Waals surface area contributed by atoms with E-state index in [2.05, 4.69) is 6.92 Å². The first-order chi connectivity index (χ1) is 8.12. The van der Waals surface area contributed by atoms with Crippen molar-refractivity contribution in [3.63, 3.8) is 0 Å². The number of hydrogen-bond donors (Lipinski definition) is 2. The van der Waals surface area contributed by atoms with Gasteiger partial charge in [0.25, 0.3) is 0 Å². The Morgan fingerprint density at radius 2 is 2.18 bits per heavy atom. The zero-order valence-electron chi connectivity index (χ0n) is 10.3. The molecule has 3 nitrogen and oxygen atoms in total. The maximum atomic E-state index is 9.62. The number of hydrogen-bond acceptors (Lipinski definition) is 3. The van der Waals surface area contributed by atoms with Crippen molar-refractivity contribution in [2.45, 2.75) is 31.8 Å². The highest BCUT2D eigenvalue weighted by molar-refractivity contribution is 6.31. The van der Waals surface area contributed by atoms with Crippen LogP contribution in [0.2, 0.25) is 5.02 Å². The molecule has 0 aromatic heterocycles. The molecule has 4 heteroatoms. The third-order valence-corrected chi connectivity index (χ3v) is 3.30. The summed E-state index contributed by atoms with van der Waals surface area (Å²) in [5.41, 5.74) is 6.48. The maximum absolute atomic E-state index is 9.62. The van der Waals surface area contributed by atoms with E-state index in [1.807, 2.05) is 12.1 Å². The Balaban J connectivity index is 2.88. The fourth-order valence-corrected chi connectivity index (χ4v) is 2.23. The predicted octanol–water partition coefficient (Wildman–Crippen LogP) is 2.55. The van der Waals surface area contributed by atoms with Gasteiger partial charge in [0.1, 0.15) is 5.75 Å². The van der Waals surface area contributed by atoms with Gasteiger partial charge in [-0.3, -0.25) is 0 Å². The molecule has 17 heavy (non-hydrogen) atoms. The van der Waals surface area contributed by atoms with Crippen LogP contribution in [0.15, 0.2) is 18.2 Å². The van der Waals surface area contributed by atoms with Crippen LogP contribution in [-0.4, -0.2) is 24.9 Å². The van der Waals surface area contributed by atoms with Crippen molar-refractivity contribution < 1.29 is 9.84 Å². The molecule has 0 amide bonds. The first-order valence-corrected chi connectivity index (χ1v) is 6.21. The Morgan fingerprint density at radius 1 is 1.47 bits per heavy atom. The van der Waals surface area contributed by atoms with E-state index in [1.54, 1.807) is 13.2 Å². The number of halogens is 1. The van der Waals surface area contributed by atoms with Crippen LogP contribution in [0.4, 0.5) is 0 Å². The lowest BCUT2D eigenvalue weighted by Gasteiger charge is -2.20. The molecular weight excluding hydrogens is 238 g/mol. The summed E-state index contributed by atoms with van der Waals surface area (Å²) in [5.74, 6) is 0.972. The fourth-order valence-electron chi connectivity index (χ4n) is 1.90. The van der Waals surface area contributed by atoms with Gasteiger partial charge in [-0.05, 0) is 36.5 Å². The number of nitrogens with two attached hydrogens (primary N) is 1. The van der Waals surface area contributed by atoms with Gasteiger partial charge in [0, 0.05) is 11.6 Å². The molecular formula is C13H20ClNO2. The average Bonchev–Trinajstić information content (AvgIpc) is 2.35. The number of aliphatic hydroxyl groups excluding tert-OH is 1. The molecule has 0 spiro atoms. The third-order valence-electron chi connectivity index (χ3n) is 2.97. The molecule has 0 saturated heterocycles. The van der Waals surface area contributed by atoms with E-state index in [4.69, 9.17) is 22.1 Å². The summed E-state index contributed by atoms with van der Waals surface area (Å²) in [7, 11) is 1.61. The van der Waals surface area contributed by atoms with Gasteiger partial charge in [-0.1, -0.05) is 24.6 Å². The van der Waals surface area contributed by atoms with Gasteiger partial charge in [-0.15, -0.1) is 0 Å². The fraction of sp³-hybridized carbons (Fsp3) is 0.538. The Labute approximate surface area is 108 Å². The summed E-state index contributed by atoms with van der Waals surface area (Å²) >= 11 is 6.22. The lowest BCUT2D eigenvalue weighted by molar-refractivity contribution is 0.162. The molecule has 0 aliphatic carbocycles. The zero-order chi connectivity index (χ0) is 12.8. The summed E-state index contributed by atoms with van der Waals surface area (Å²) in [6.45, 7) is 2.36. The van der Waals surface area contributed by atoms with Crippen molar-refractivity contribution >= 4 is 11.6 Å². The van der Waals surface area contributed by atoms with E-state index in [9.17, 15) is 5.11 Å². The van der Waals surface area contributed by atoms with Gasteiger partial charge >= 0.3 is 0 Å². The maximum Gasteiger partial charge on any atom is 0.120 e. The van der Waals surface area contributed by atoms with E-state index in [0.29, 0.717) is 11.4 Å². The first-order valence-electron chi connectivity index (χ1n) is 5.83. The van der Waals surface area contributed by atoms with E-state index >= 15 is 0 Å². The minimum atomic E-state index is -0.474. The van der Waals surface area contributed by atoms with Gasteiger partial charge < -0.3 is 15.6 Å². The summed E-state index contributed by atoms with van der Waals surface area (Å²) in [6.07, 6.45) is 1.08. The van der Waals surface area contributed by atoms with Crippen molar-refractivity contribution in [3.8, 4) is 5.75 Å². The number of methoxy groups -OCH3 is 1. The van der Waals surface area contributed by atoms with Crippen LogP contribution in [0.3, 0.4) is 0 Å². The lowest BCUT2D eigenvalue weighted by atomic mass is 9.90. The second kappa shape index (κ2) is 6.84. The van der Waals surface area contributed by atoms with Crippen molar-refractivity contribution in [1.82, 2.24) is 0 Å². The molecule has 0 aliphatic rings. The number of rotatable bonds is 6. The predicted molar refractivity (Wildman–Crippen MR) is 70.7 cm³/mol. The van der Waals surface area contributed by atoms with E-state index in [0.717, 1.165) is 17.7 Å². The van der Waals surface area contributed by atoms with Crippen molar-refractivity contribution in [3.05, 3.63) is 28.8 Å². The third kappa shape index (κ3) is 3.87. The Morgan fingerprint density at radius 3 is 2.65 bits per heavy atom. The van der Waals surface area contributed by atoms with Crippen LogP contribution < -0.4 is 10.5 Å². The largest absolute Gasteiger partial charge is 0.497 e. The van der Waals surface area contributed by atoms with Crippen LogP contribution >= 0.6 is 11.6 Å². The van der Waals surface area contributed by atoms with Crippen molar-refractivity contribution in [2.75, 3.05) is 13.7 Å². The Bertz CT molecular complexity index is 357. The smallest absolute Gasteiger partial charge is 0.120 e. The molecule has 0 bridgehead atoms. The van der Waals surface area contributed by atoms with Gasteiger partial charge in [-0.25, -0.2) is 0 Å². The average molecular weight is 258 g/mol. The molecule has 2 unspecified atom stereocenters. The summed E-state index contributed by atoms with van der Waals surface area (Å²) < 4.78 is 5.11. The molecule has 0 saturated carbocycles. The van der Waals surface area contributed by atoms with E-state index in [1.165, 1.54) is 0 Å². The highest BCUT2D eigenvalue weighted by atomic mass is 35.5. The molecule has 1 aromatic carbocycles. The minimum Gasteiger partial charge on any atom is -0.497 e. The van der Waals surface area contributed by atoms with Gasteiger partial charge in [0.2, 0.25) is 0 Å². The number of aliphatic hydroxyl groups is 1. The zero-order valence-corrected chi connectivity index (χ0v) is 11.1. The van der Waals surface area contributed by atoms with Crippen molar-refractivity contribution in [1.29, 1.82) is 0 Å². The van der Waals surface area contributed by atoms with Crippen LogP contribution in [-0.2, 0) is 0 Å². The standard InChI is InChI=1S/C13H20ClNO2/c1-3-9(6-10(16)8-15)12-5-4-11(17-2)7-13(12)14/h4-5,7,9-10,16H,3,6,8,15H2,1-2H3. The summed E-state index contributed by atoms with van der Waals surface area (Å²) in [4.78, 5) is 0. The van der Waals surface area contributed by atoms with Crippen LogP contribution in [0.5, 0.6) is 5.75 Å². The van der Waals surface area contributed by atoms with Crippen LogP contribution in [0.1, 0.15) is 31.2 Å². The molecule has 1 aromatic rings. The van der Waals surface area contributed by atoms with Gasteiger partial charge in [0.15, 0.2) is 0 Å². The molecule has 2 atom stereocenters. The highest BCUT2D eigenvalue weighted by Crippen LogP contribution is 2.32. The Hall–Kier alpha value is -0.770. The topological polar surface area (TPSA) is 55.5 Å². The highest BCUT2D eigenvalue weighted by Gasteiger charge is 2.17. The SMILES string of the molecule is CCC(CC(O)CN)c1ccc(OC)cc1Cl. The Kier molecular flexibility index (Phi) is 5.75. The minimum absolute atomic E-state index is 0.229. The molecule has 0 radical (unpaired) electrons. The molecule has 0 aliphatic heterocycles. The van der Waals surface area contributed by atoms with Gasteiger partial charge in [-0.2, -0.15) is 0 Å². The second-order valence-corrected chi connectivity index (χ2v) is 4.53. The second-order valence-electron chi connectivity index (χ2n) is 4.12. The van der Waals surface area contributed by atoms with Gasteiger partial charge in [0.05, 0.1) is 13.2 Å². The summed E-state index contributed by atoms with van der Waals surface area (Å²) in [5, 5.41) is 10.3. The molecule has 96 valence electrons. The molecule has 0 fully saturated rings. The van der Waals surface area contributed by atoms with Crippen LogP contribution in [0.25, 0.3) is 0 Å². The van der Waals surface area contributed by atoms with E-state index < -0.39 is 6.10 Å². The first kappa shape index (κ1) is 14.3. The van der Waals surface area contributed by atoms with E-state index in [-0.39, 0.29) is 12.5 Å². The summed E-state index contributed by atoms with van der Waals surface area (Å²) in [6, 6.07) is 5.64. The lowest BCUT2D eigenvalue weighted by Crippen LogP contribution is -2.22. The van der Waals surface area contributed by atoms with Crippen LogP contribution in [0, 0.1) is 0 Å².